The van der Waals surface area contributed by atoms with Crippen LogP contribution < -0.4 is 10.9 Å². The van der Waals surface area contributed by atoms with Gasteiger partial charge in [-0.3, -0.25) is 14.2 Å². The number of aromatic nitrogens is 2. The summed E-state index contributed by atoms with van der Waals surface area (Å²) < 4.78 is 1.58. The summed E-state index contributed by atoms with van der Waals surface area (Å²) in [6.45, 7) is 3.70. The monoisotopic (exact) mass is 369 g/mol. The summed E-state index contributed by atoms with van der Waals surface area (Å²) in [6, 6.07) is 22.0. The molecule has 138 valence electrons. The molecular weight excluding hydrogens is 350 g/mol. The number of aryl methyl sites for hydroxylation is 2. The molecular formula is C23H19N3O2. The fourth-order valence-electron chi connectivity index (χ4n) is 3.28. The van der Waals surface area contributed by atoms with Crippen molar-refractivity contribution in [3.05, 3.63) is 100 Å². The number of amides is 1. The molecule has 4 aromatic rings. The molecule has 0 saturated heterocycles. The number of hydrogen-bond acceptors (Lipinski definition) is 3. The first-order valence-electron chi connectivity index (χ1n) is 9.00. The van der Waals surface area contributed by atoms with Crippen molar-refractivity contribution in [1.29, 1.82) is 0 Å². The minimum Gasteiger partial charge on any atom is -0.322 e. The van der Waals surface area contributed by atoms with Crippen molar-refractivity contribution >= 4 is 22.5 Å². The van der Waals surface area contributed by atoms with Crippen molar-refractivity contribution in [2.75, 3.05) is 5.32 Å². The quantitative estimate of drug-likeness (QED) is 0.587. The smallest absolute Gasteiger partial charge is 0.266 e. The Balaban J connectivity index is 1.78. The molecule has 0 spiro atoms. The highest BCUT2D eigenvalue weighted by Crippen LogP contribution is 2.18. The first-order chi connectivity index (χ1) is 13.5. The maximum Gasteiger partial charge on any atom is 0.266 e. The minimum absolute atomic E-state index is 0.166. The van der Waals surface area contributed by atoms with E-state index in [-0.39, 0.29) is 11.5 Å². The van der Waals surface area contributed by atoms with Gasteiger partial charge >= 0.3 is 0 Å². The summed E-state index contributed by atoms with van der Waals surface area (Å²) in [5.41, 5.74) is 3.25. The Morgan fingerprint density at radius 2 is 1.64 bits per heavy atom. The molecule has 5 heteroatoms. The minimum atomic E-state index is -0.207. The number of nitrogens with one attached hydrogen (secondary N) is 1. The first-order valence-corrected chi connectivity index (χ1v) is 9.00. The zero-order valence-electron chi connectivity index (χ0n) is 15.6. The number of anilines is 1. The lowest BCUT2D eigenvalue weighted by Gasteiger charge is -2.12. The van der Waals surface area contributed by atoms with Gasteiger partial charge < -0.3 is 5.32 Å². The normalized spacial score (nSPS) is 10.8. The van der Waals surface area contributed by atoms with Crippen molar-refractivity contribution < 1.29 is 4.79 Å². The third-order valence-electron chi connectivity index (χ3n) is 4.70. The lowest BCUT2D eigenvalue weighted by molar-refractivity contribution is 0.102. The highest BCUT2D eigenvalue weighted by Gasteiger charge is 2.13. The van der Waals surface area contributed by atoms with Crippen LogP contribution in [0.1, 0.15) is 21.7 Å². The van der Waals surface area contributed by atoms with Gasteiger partial charge in [-0.15, -0.1) is 0 Å². The molecule has 0 atom stereocenters. The van der Waals surface area contributed by atoms with Crippen molar-refractivity contribution in [2.45, 2.75) is 13.8 Å². The van der Waals surface area contributed by atoms with E-state index in [2.05, 4.69) is 10.3 Å². The van der Waals surface area contributed by atoms with Gasteiger partial charge in [0.2, 0.25) is 0 Å². The number of benzene rings is 3. The second-order valence-corrected chi connectivity index (χ2v) is 6.64. The molecule has 0 unspecified atom stereocenters. The lowest BCUT2D eigenvalue weighted by Crippen LogP contribution is -2.22. The van der Waals surface area contributed by atoms with Gasteiger partial charge in [0.15, 0.2) is 0 Å². The van der Waals surface area contributed by atoms with Crippen molar-refractivity contribution in [1.82, 2.24) is 9.55 Å². The Bertz CT molecular complexity index is 1240. The molecule has 1 N–H and O–H groups in total. The molecule has 1 heterocycles. The molecule has 5 nitrogen and oxygen atoms in total. The molecule has 28 heavy (non-hydrogen) atoms. The summed E-state index contributed by atoms with van der Waals surface area (Å²) in [5.74, 6) is 0.404. The van der Waals surface area contributed by atoms with E-state index in [1.807, 2.05) is 62.4 Å². The van der Waals surface area contributed by atoms with Crippen molar-refractivity contribution in [3.8, 4) is 5.69 Å². The number of hydrogen-bond donors (Lipinski definition) is 1. The van der Waals surface area contributed by atoms with Gasteiger partial charge in [0.05, 0.1) is 16.6 Å². The van der Waals surface area contributed by atoms with Gasteiger partial charge in [-0.25, -0.2) is 4.98 Å². The molecule has 0 aliphatic carbocycles. The largest absolute Gasteiger partial charge is 0.322 e. The van der Waals surface area contributed by atoms with Crippen LogP contribution in [0.25, 0.3) is 16.6 Å². The first kappa shape index (κ1) is 17.7. The standard InChI is InChI=1S/C23H19N3O2/c1-15-8-6-7-11-19(15)22(27)25-17-12-13-21-20(14-17)23(28)26(16(2)24-21)18-9-4-3-5-10-18/h3-14H,1-2H3,(H,25,27). The van der Waals surface area contributed by atoms with Crippen LogP contribution >= 0.6 is 0 Å². The van der Waals surface area contributed by atoms with E-state index in [0.29, 0.717) is 28.0 Å². The van der Waals surface area contributed by atoms with Crippen LogP contribution in [0.4, 0.5) is 5.69 Å². The summed E-state index contributed by atoms with van der Waals surface area (Å²) in [6.07, 6.45) is 0. The predicted molar refractivity (Wildman–Crippen MR) is 111 cm³/mol. The Morgan fingerprint density at radius 1 is 0.929 bits per heavy atom. The van der Waals surface area contributed by atoms with Gasteiger partial charge in [-0.2, -0.15) is 0 Å². The Kier molecular flexibility index (Phi) is 4.49. The number of para-hydroxylation sites is 1. The van der Waals surface area contributed by atoms with Crippen LogP contribution in [0.3, 0.4) is 0 Å². The lowest BCUT2D eigenvalue weighted by atomic mass is 10.1. The Labute approximate surface area is 162 Å². The molecule has 1 amide bonds. The predicted octanol–water partition coefficient (Wildman–Crippen LogP) is 4.25. The highest BCUT2D eigenvalue weighted by atomic mass is 16.1. The second kappa shape index (κ2) is 7.12. The second-order valence-electron chi connectivity index (χ2n) is 6.64. The molecule has 0 bridgehead atoms. The maximum absolute atomic E-state index is 13.1. The number of nitrogens with zero attached hydrogens (tertiary/aromatic N) is 2. The van der Waals surface area contributed by atoms with Crippen LogP contribution in [0, 0.1) is 13.8 Å². The summed E-state index contributed by atoms with van der Waals surface area (Å²) in [4.78, 5) is 30.3. The fourth-order valence-corrected chi connectivity index (χ4v) is 3.28. The van der Waals surface area contributed by atoms with Crippen molar-refractivity contribution in [3.63, 3.8) is 0 Å². The maximum atomic E-state index is 13.1. The van der Waals surface area contributed by atoms with E-state index in [1.54, 1.807) is 28.8 Å². The summed E-state index contributed by atoms with van der Waals surface area (Å²) >= 11 is 0. The number of rotatable bonds is 3. The number of fused-ring (bicyclic) bond motifs is 1. The van der Waals surface area contributed by atoms with E-state index in [4.69, 9.17) is 0 Å². The summed E-state index contributed by atoms with van der Waals surface area (Å²) in [5, 5.41) is 3.33. The zero-order valence-corrected chi connectivity index (χ0v) is 15.6. The molecule has 0 aliphatic rings. The number of carbonyl (C=O) groups excluding carboxylic acids is 1. The molecule has 0 saturated carbocycles. The van der Waals surface area contributed by atoms with Crippen molar-refractivity contribution in [2.24, 2.45) is 0 Å². The molecule has 0 aliphatic heterocycles. The van der Waals surface area contributed by atoms with E-state index < -0.39 is 0 Å². The highest BCUT2D eigenvalue weighted by molar-refractivity contribution is 6.06. The Hall–Kier alpha value is -3.73. The Morgan fingerprint density at radius 3 is 2.39 bits per heavy atom. The molecule has 0 radical (unpaired) electrons. The van der Waals surface area contributed by atoms with Crippen LogP contribution in [0.2, 0.25) is 0 Å². The summed E-state index contributed by atoms with van der Waals surface area (Å²) in [7, 11) is 0. The topological polar surface area (TPSA) is 64.0 Å². The molecule has 1 aromatic heterocycles. The van der Waals surface area contributed by atoms with Crippen LogP contribution in [-0.2, 0) is 0 Å². The third-order valence-corrected chi connectivity index (χ3v) is 4.70. The molecule has 4 rings (SSSR count). The van der Waals surface area contributed by atoms with Gasteiger partial charge in [0, 0.05) is 11.3 Å². The molecule has 3 aromatic carbocycles. The van der Waals surface area contributed by atoms with E-state index >= 15 is 0 Å². The SMILES string of the molecule is Cc1ccccc1C(=O)Nc1ccc2nc(C)n(-c3ccccc3)c(=O)c2c1. The average Bonchev–Trinajstić information content (AvgIpc) is 2.69. The van der Waals surface area contributed by atoms with E-state index in [1.165, 1.54) is 0 Å². The van der Waals surface area contributed by atoms with Crippen LogP contribution in [0.15, 0.2) is 77.6 Å². The number of carbonyl (C=O) groups is 1. The van der Waals surface area contributed by atoms with Gasteiger partial charge in [0.25, 0.3) is 11.5 Å². The van der Waals surface area contributed by atoms with E-state index in [0.717, 1.165) is 11.3 Å². The van der Waals surface area contributed by atoms with Crippen LogP contribution in [-0.4, -0.2) is 15.5 Å². The van der Waals surface area contributed by atoms with Gasteiger partial charge in [-0.1, -0.05) is 36.4 Å². The average molecular weight is 369 g/mol. The van der Waals surface area contributed by atoms with E-state index in [9.17, 15) is 9.59 Å². The zero-order chi connectivity index (χ0) is 19.7. The van der Waals surface area contributed by atoms with Gasteiger partial charge in [-0.05, 0) is 55.8 Å². The van der Waals surface area contributed by atoms with Gasteiger partial charge in [0.1, 0.15) is 5.82 Å². The molecule has 0 fully saturated rings. The van der Waals surface area contributed by atoms with Crippen LogP contribution in [0.5, 0.6) is 0 Å². The third kappa shape index (κ3) is 3.18. The fraction of sp³-hybridized carbons (Fsp3) is 0.0870.